The average molecular weight is 542 g/mol. The molecule has 1 heterocycles. The largest absolute Gasteiger partial charge is 0.481 e. The first-order valence-electron chi connectivity index (χ1n) is 12.6. The minimum absolute atomic E-state index is 0.0677. The number of aromatic nitrogens is 2. The van der Waals surface area contributed by atoms with Crippen LogP contribution in [0, 0.1) is 21.4 Å². The first-order chi connectivity index (χ1) is 19.0. The topological polar surface area (TPSA) is 123 Å². The van der Waals surface area contributed by atoms with Crippen LogP contribution in [0.3, 0.4) is 0 Å². The van der Waals surface area contributed by atoms with E-state index in [1.165, 1.54) is 23.0 Å². The predicted molar refractivity (Wildman–Crippen MR) is 148 cm³/mol. The van der Waals surface area contributed by atoms with Gasteiger partial charge in [0, 0.05) is 28.1 Å². The number of nitro groups is 1. The van der Waals surface area contributed by atoms with Gasteiger partial charge >= 0.3 is 5.69 Å². The van der Waals surface area contributed by atoms with E-state index in [2.05, 4.69) is 11.2 Å². The van der Waals surface area contributed by atoms with Crippen molar-refractivity contribution in [3.63, 3.8) is 0 Å². The number of hydrogen-bond donors (Lipinski definition) is 0. The number of fused-ring (bicyclic) bond motifs is 1. The number of rotatable bonds is 7. The zero-order valence-corrected chi connectivity index (χ0v) is 21.7. The second-order valence-corrected chi connectivity index (χ2v) is 9.78. The van der Waals surface area contributed by atoms with E-state index in [0.29, 0.717) is 27.9 Å². The van der Waals surface area contributed by atoms with Crippen LogP contribution >= 0.6 is 11.6 Å². The van der Waals surface area contributed by atoms with E-state index in [1.54, 1.807) is 36.4 Å². The molecule has 39 heavy (non-hydrogen) atoms. The van der Waals surface area contributed by atoms with Crippen molar-refractivity contribution in [2.75, 3.05) is 0 Å². The van der Waals surface area contributed by atoms with Gasteiger partial charge in [-0.3, -0.25) is 14.9 Å². The van der Waals surface area contributed by atoms with Gasteiger partial charge in [0.1, 0.15) is 12.4 Å². The monoisotopic (exact) mass is 541 g/mol. The zero-order valence-electron chi connectivity index (χ0n) is 20.9. The fourth-order valence-corrected chi connectivity index (χ4v) is 5.11. The molecule has 10 heteroatoms. The molecule has 3 aromatic carbocycles. The van der Waals surface area contributed by atoms with Gasteiger partial charge in [-0.25, -0.2) is 4.98 Å². The summed E-state index contributed by atoms with van der Waals surface area (Å²) in [5.74, 6) is 0.568. The molecule has 0 radical (unpaired) electrons. The van der Waals surface area contributed by atoms with Crippen LogP contribution in [0.2, 0.25) is 5.02 Å². The number of halogens is 1. The van der Waals surface area contributed by atoms with Crippen molar-refractivity contribution in [2.24, 2.45) is 5.10 Å². The number of benzene rings is 3. The highest BCUT2D eigenvalue weighted by molar-refractivity contribution is 6.31. The maximum Gasteiger partial charge on any atom is 0.313 e. The molecule has 1 aromatic heterocycles. The molecule has 196 valence electrons. The Hall–Kier alpha value is -4.55. The highest BCUT2D eigenvalue weighted by Gasteiger charge is 2.24. The molecule has 0 unspecified atom stereocenters. The normalized spacial score (nSPS) is 13.9. The van der Waals surface area contributed by atoms with Gasteiger partial charge in [0.05, 0.1) is 33.7 Å². The van der Waals surface area contributed by atoms with Gasteiger partial charge in [-0.1, -0.05) is 61.2 Å². The molecular formula is C29H24ClN5O4. The smallest absolute Gasteiger partial charge is 0.313 e. The third kappa shape index (κ3) is 5.52. The van der Waals surface area contributed by atoms with Gasteiger partial charge in [0.25, 0.3) is 5.56 Å². The van der Waals surface area contributed by atoms with Crippen LogP contribution in [0.4, 0.5) is 5.69 Å². The van der Waals surface area contributed by atoms with Crippen LogP contribution in [-0.2, 0) is 6.61 Å². The standard InChI is InChI=1S/C29H24ClN5O4/c30-23-14-22(27(26(15-23)35(37)38)39-18-21-11-5-4-10-20(21)16-31)17-32-34-28(19-8-2-1-3-9-19)33-25-13-7-6-12-24(25)29(34)36/h4-7,10-15,17,19H,1-3,8-9,18H2. The minimum Gasteiger partial charge on any atom is -0.481 e. The Labute approximate surface area is 229 Å². The highest BCUT2D eigenvalue weighted by atomic mass is 35.5. The fourth-order valence-electron chi connectivity index (χ4n) is 4.89. The maximum absolute atomic E-state index is 13.5. The summed E-state index contributed by atoms with van der Waals surface area (Å²) < 4.78 is 7.19. The van der Waals surface area contributed by atoms with E-state index in [1.807, 2.05) is 12.1 Å². The molecule has 1 saturated carbocycles. The Morgan fingerprint density at radius 2 is 1.90 bits per heavy atom. The molecule has 0 saturated heterocycles. The van der Waals surface area contributed by atoms with Gasteiger partial charge in [0.2, 0.25) is 5.75 Å². The van der Waals surface area contributed by atoms with Crippen molar-refractivity contribution in [1.82, 2.24) is 9.66 Å². The van der Waals surface area contributed by atoms with Gasteiger partial charge in [-0.15, -0.1) is 0 Å². The molecule has 0 aliphatic heterocycles. The van der Waals surface area contributed by atoms with E-state index in [9.17, 15) is 20.2 Å². The second kappa shape index (κ2) is 11.5. The Kier molecular flexibility index (Phi) is 7.66. The van der Waals surface area contributed by atoms with Crippen molar-refractivity contribution < 1.29 is 9.66 Å². The molecule has 4 aromatic rings. The fraction of sp³-hybridized carbons (Fsp3) is 0.241. The molecule has 0 spiro atoms. The lowest BCUT2D eigenvalue weighted by Crippen LogP contribution is -2.25. The van der Waals surface area contributed by atoms with Crippen LogP contribution in [0.15, 0.2) is 70.6 Å². The lowest BCUT2D eigenvalue weighted by Gasteiger charge is -2.22. The van der Waals surface area contributed by atoms with Crippen LogP contribution in [-0.4, -0.2) is 20.8 Å². The van der Waals surface area contributed by atoms with Gasteiger partial charge in [-0.05, 0) is 37.1 Å². The number of ether oxygens (including phenoxy) is 1. The van der Waals surface area contributed by atoms with Crippen LogP contribution in [0.1, 0.15) is 60.5 Å². The van der Waals surface area contributed by atoms with Crippen molar-refractivity contribution in [2.45, 2.75) is 44.6 Å². The second-order valence-electron chi connectivity index (χ2n) is 9.34. The van der Waals surface area contributed by atoms with Gasteiger partial charge < -0.3 is 4.74 Å². The Balaban J connectivity index is 1.61. The molecule has 0 bridgehead atoms. The summed E-state index contributed by atoms with van der Waals surface area (Å²) in [5.41, 5.74) is 1.12. The number of nitro benzene ring substituents is 1. The number of para-hydroxylation sites is 1. The number of nitrogens with zero attached hydrogens (tertiary/aromatic N) is 5. The third-order valence-electron chi connectivity index (χ3n) is 6.83. The molecule has 1 fully saturated rings. The van der Waals surface area contributed by atoms with E-state index in [4.69, 9.17) is 21.3 Å². The maximum atomic E-state index is 13.5. The predicted octanol–water partition coefficient (Wildman–Crippen LogP) is 6.34. The Morgan fingerprint density at radius 1 is 1.15 bits per heavy atom. The molecule has 0 amide bonds. The zero-order chi connectivity index (χ0) is 27.4. The third-order valence-corrected chi connectivity index (χ3v) is 7.05. The summed E-state index contributed by atoms with van der Waals surface area (Å²) in [6.07, 6.45) is 6.36. The SMILES string of the molecule is N#Cc1ccccc1COc1c(C=Nn2c(C3CCCCC3)nc3ccccc3c2=O)cc(Cl)cc1[N+](=O)[O-]. The lowest BCUT2D eigenvalue weighted by atomic mass is 9.88. The average Bonchev–Trinajstić information content (AvgIpc) is 2.96. The summed E-state index contributed by atoms with van der Waals surface area (Å²) in [7, 11) is 0. The van der Waals surface area contributed by atoms with Crippen LogP contribution in [0.5, 0.6) is 5.75 Å². The summed E-state index contributed by atoms with van der Waals surface area (Å²) in [6, 6.07) is 18.7. The van der Waals surface area contributed by atoms with E-state index in [0.717, 1.165) is 32.1 Å². The highest BCUT2D eigenvalue weighted by Crippen LogP contribution is 2.35. The summed E-state index contributed by atoms with van der Waals surface area (Å²) >= 11 is 6.23. The quantitative estimate of drug-likeness (QED) is 0.153. The first-order valence-corrected chi connectivity index (χ1v) is 13.0. The molecule has 5 rings (SSSR count). The van der Waals surface area contributed by atoms with Crippen LogP contribution < -0.4 is 10.3 Å². The molecule has 0 N–H and O–H groups in total. The minimum atomic E-state index is -0.591. The van der Waals surface area contributed by atoms with E-state index >= 15 is 0 Å². The molecule has 1 aliphatic carbocycles. The van der Waals surface area contributed by atoms with Crippen molar-refractivity contribution in [3.8, 4) is 11.8 Å². The number of nitriles is 1. The lowest BCUT2D eigenvalue weighted by molar-refractivity contribution is -0.385. The molecule has 1 aliphatic rings. The summed E-state index contributed by atoms with van der Waals surface area (Å²) in [4.78, 5) is 29.7. The van der Waals surface area contributed by atoms with Gasteiger partial charge in [0.15, 0.2) is 0 Å². The molecule has 0 atom stereocenters. The Bertz CT molecular complexity index is 1690. The summed E-state index contributed by atoms with van der Waals surface area (Å²) in [6.45, 7) is -0.0855. The molecular weight excluding hydrogens is 518 g/mol. The van der Waals surface area contributed by atoms with Crippen molar-refractivity contribution in [1.29, 1.82) is 5.26 Å². The first kappa shape index (κ1) is 26.1. The van der Waals surface area contributed by atoms with Crippen molar-refractivity contribution >= 4 is 34.4 Å². The van der Waals surface area contributed by atoms with Crippen LogP contribution in [0.25, 0.3) is 10.9 Å². The van der Waals surface area contributed by atoms with Gasteiger partial charge in [-0.2, -0.15) is 15.0 Å². The number of hydrogen-bond acceptors (Lipinski definition) is 7. The Morgan fingerprint density at radius 3 is 2.67 bits per heavy atom. The van der Waals surface area contributed by atoms with Crippen molar-refractivity contribution in [3.05, 3.63) is 109 Å². The van der Waals surface area contributed by atoms with E-state index in [-0.39, 0.29) is 40.1 Å². The molecule has 9 nitrogen and oxygen atoms in total. The van der Waals surface area contributed by atoms with E-state index < -0.39 is 4.92 Å². The summed E-state index contributed by atoms with van der Waals surface area (Å²) in [5, 5.41) is 26.3.